The third-order valence-electron chi connectivity index (χ3n) is 5.46. The normalized spacial score (nSPS) is 19.3. The Morgan fingerprint density at radius 2 is 1.91 bits per heavy atom. The van der Waals surface area contributed by atoms with Crippen molar-refractivity contribution in [2.24, 2.45) is 5.41 Å². The number of hydrogen-bond donors (Lipinski definition) is 3. The van der Waals surface area contributed by atoms with Crippen LogP contribution in [0.3, 0.4) is 0 Å². The standard InChI is InChI=1S/C22H30N6O4S/c1-12-18(33-11-26-12)14-7-23-17(24-8-14)9-25-20(31)16-6-15(30)10-28(16)21(32)19(22(3,4)5)27-13(2)29/h7-8,11,15-16,19,30H,6,9-10H2,1-5H3,(H,25,31)(H,27,29)/t15-,16+,19-/m1/s1. The van der Waals surface area contributed by atoms with Gasteiger partial charge in [0.05, 0.1) is 28.7 Å². The van der Waals surface area contributed by atoms with Crippen LogP contribution >= 0.6 is 11.3 Å². The van der Waals surface area contributed by atoms with E-state index in [0.717, 1.165) is 16.1 Å². The summed E-state index contributed by atoms with van der Waals surface area (Å²) in [7, 11) is 0. The molecule has 2 aromatic heterocycles. The number of carbonyl (C=O) groups excluding carboxylic acids is 3. The fourth-order valence-corrected chi connectivity index (χ4v) is 4.53. The highest BCUT2D eigenvalue weighted by Gasteiger charge is 2.44. The quantitative estimate of drug-likeness (QED) is 0.569. The van der Waals surface area contributed by atoms with Crippen molar-refractivity contribution in [2.75, 3.05) is 6.54 Å². The summed E-state index contributed by atoms with van der Waals surface area (Å²) in [5.41, 5.74) is 2.95. The van der Waals surface area contributed by atoms with Gasteiger partial charge in [-0.15, -0.1) is 11.3 Å². The van der Waals surface area contributed by atoms with Crippen molar-refractivity contribution >= 4 is 29.1 Å². The van der Waals surface area contributed by atoms with E-state index in [1.165, 1.54) is 23.2 Å². The zero-order valence-corrected chi connectivity index (χ0v) is 20.3. The Labute approximate surface area is 196 Å². The molecule has 178 valence electrons. The molecule has 0 bridgehead atoms. The summed E-state index contributed by atoms with van der Waals surface area (Å²) in [6.07, 6.45) is 2.68. The first-order valence-corrected chi connectivity index (χ1v) is 11.6. The molecule has 1 aliphatic rings. The van der Waals surface area contributed by atoms with Gasteiger partial charge in [-0.25, -0.2) is 15.0 Å². The second-order valence-electron chi connectivity index (χ2n) is 9.27. The lowest BCUT2D eigenvalue weighted by Gasteiger charge is -2.35. The molecular weight excluding hydrogens is 444 g/mol. The number of carbonyl (C=O) groups is 3. The van der Waals surface area contributed by atoms with Crippen molar-refractivity contribution in [3.05, 3.63) is 29.4 Å². The third kappa shape index (κ3) is 5.91. The molecule has 0 spiro atoms. The summed E-state index contributed by atoms with van der Waals surface area (Å²) in [6.45, 7) is 8.88. The summed E-state index contributed by atoms with van der Waals surface area (Å²) in [5, 5.41) is 15.6. The van der Waals surface area contributed by atoms with Crippen LogP contribution in [0.5, 0.6) is 0 Å². The van der Waals surface area contributed by atoms with Crippen molar-refractivity contribution in [1.82, 2.24) is 30.5 Å². The minimum atomic E-state index is -0.842. The molecule has 2 aromatic rings. The summed E-state index contributed by atoms with van der Waals surface area (Å²) in [4.78, 5) is 53.0. The highest BCUT2D eigenvalue weighted by molar-refractivity contribution is 7.13. The van der Waals surface area contributed by atoms with Crippen molar-refractivity contribution in [3.8, 4) is 10.4 Å². The largest absolute Gasteiger partial charge is 0.391 e. The minimum Gasteiger partial charge on any atom is -0.391 e. The lowest BCUT2D eigenvalue weighted by molar-refractivity contribution is -0.143. The molecule has 0 unspecified atom stereocenters. The maximum atomic E-state index is 13.2. The van der Waals surface area contributed by atoms with Crippen LogP contribution in [-0.4, -0.2) is 67.4 Å². The highest BCUT2D eigenvalue weighted by atomic mass is 32.1. The van der Waals surface area contributed by atoms with Crippen LogP contribution in [0, 0.1) is 12.3 Å². The van der Waals surface area contributed by atoms with E-state index < -0.39 is 35.4 Å². The van der Waals surface area contributed by atoms with E-state index in [1.807, 2.05) is 27.7 Å². The Balaban J connectivity index is 1.67. The van der Waals surface area contributed by atoms with E-state index in [-0.39, 0.29) is 25.4 Å². The molecule has 0 aliphatic carbocycles. The zero-order chi connectivity index (χ0) is 24.3. The summed E-state index contributed by atoms with van der Waals surface area (Å²) in [6, 6.07) is -1.66. The van der Waals surface area contributed by atoms with Crippen LogP contribution in [0.4, 0.5) is 0 Å². The number of aliphatic hydroxyl groups is 1. The van der Waals surface area contributed by atoms with Crippen LogP contribution < -0.4 is 10.6 Å². The van der Waals surface area contributed by atoms with Crippen molar-refractivity contribution in [2.45, 2.75) is 65.8 Å². The second kappa shape index (κ2) is 9.92. The highest BCUT2D eigenvalue weighted by Crippen LogP contribution is 2.27. The molecule has 3 heterocycles. The van der Waals surface area contributed by atoms with Gasteiger partial charge in [-0.05, 0) is 12.3 Å². The number of aryl methyl sites for hydroxylation is 1. The lowest BCUT2D eigenvalue weighted by Crippen LogP contribution is -2.57. The predicted octanol–water partition coefficient (Wildman–Crippen LogP) is 1.04. The Hall–Kier alpha value is -2.92. The van der Waals surface area contributed by atoms with E-state index in [9.17, 15) is 19.5 Å². The molecule has 1 fully saturated rings. The maximum absolute atomic E-state index is 13.2. The number of nitrogens with zero attached hydrogens (tertiary/aromatic N) is 4. The molecule has 33 heavy (non-hydrogen) atoms. The first-order valence-electron chi connectivity index (χ1n) is 10.7. The van der Waals surface area contributed by atoms with E-state index in [2.05, 4.69) is 25.6 Å². The van der Waals surface area contributed by atoms with Crippen LogP contribution in [0.25, 0.3) is 10.4 Å². The number of likely N-dealkylation sites (tertiary alicyclic amines) is 1. The van der Waals surface area contributed by atoms with Gasteiger partial charge in [-0.2, -0.15) is 0 Å². The Morgan fingerprint density at radius 3 is 2.45 bits per heavy atom. The third-order valence-corrected chi connectivity index (χ3v) is 6.44. The van der Waals surface area contributed by atoms with Gasteiger partial charge < -0.3 is 20.6 Å². The van der Waals surface area contributed by atoms with Crippen molar-refractivity contribution in [3.63, 3.8) is 0 Å². The van der Waals surface area contributed by atoms with Crippen molar-refractivity contribution in [1.29, 1.82) is 0 Å². The first kappa shape index (κ1) is 24.7. The van der Waals surface area contributed by atoms with Gasteiger partial charge in [-0.1, -0.05) is 20.8 Å². The number of thiazole rings is 1. The van der Waals surface area contributed by atoms with Gasteiger partial charge in [0, 0.05) is 37.8 Å². The molecule has 3 amide bonds. The molecule has 3 N–H and O–H groups in total. The van der Waals surface area contributed by atoms with Crippen LogP contribution in [0.1, 0.15) is 45.6 Å². The number of hydrogen-bond acceptors (Lipinski definition) is 8. The van der Waals surface area contributed by atoms with E-state index in [0.29, 0.717) is 5.82 Å². The number of aromatic nitrogens is 3. The van der Waals surface area contributed by atoms with Gasteiger partial charge in [-0.3, -0.25) is 14.4 Å². The summed E-state index contributed by atoms with van der Waals surface area (Å²) in [5.74, 6) is -0.703. The molecular formula is C22H30N6O4S. The zero-order valence-electron chi connectivity index (χ0n) is 19.5. The first-order chi connectivity index (χ1) is 15.5. The van der Waals surface area contributed by atoms with E-state index in [1.54, 1.807) is 17.9 Å². The van der Waals surface area contributed by atoms with Crippen molar-refractivity contribution < 1.29 is 19.5 Å². The maximum Gasteiger partial charge on any atom is 0.246 e. The molecule has 3 atom stereocenters. The second-order valence-corrected chi connectivity index (χ2v) is 10.1. The fraction of sp³-hybridized carbons (Fsp3) is 0.545. The monoisotopic (exact) mass is 474 g/mol. The number of aliphatic hydroxyl groups excluding tert-OH is 1. The molecule has 10 nitrogen and oxygen atoms in total. The Morgan fingerprint density at radius 1 is 1.24 bits per heavy atom. The SMILES string of the molecule is CC(=O)N[C@H](C(=O)N1C[C@H](O)C[C@H]1C(=O)NCc1ncc(-c2scnc2C)cn1)C(C)(C)C. The average Bonchev–Trinajstić information content (AvgIpc) is 3.35. The number of β-amino-alcohol motifs (C(OH)–C–C–N with tert-alkyl or cyclic N) is 1. The number of nitrogens with one attached hydrogen (secondary N) is 2. The van der Waals surface area contributed by atoms with Gasteiger partial charge in [0.15, 0.2) is 0 Å². The molecule has 0 radical (unpaired) electrons. The van der Waals surface area contributed by atoms with Gasteiger partial charge in [0.25, 0.3) is 0 Å². The molecule has 0 saturated carbocycles. The molecule has 3 rings (SSSR count). The topological polar surface area (TPSA) is 137 Å². The van der Waals surface area contributed by atoms with Crippen LogP contribution in [0.15, 0.2) is 17.9 Å². The van der Waals surface area contributed by atoms with E-state index >= 15 is 0 Å². The van der Waals surface area contributed by atoms with Crippen LogP contribution in [0.2, 0.25) is 0 Å². The Kier molecular flexibility index (Phi) is 7.43. The average molecular weight is 475 g/mol. The van der Waals surface area contributed by atoms with Gasteiger partial charge in [0.2, 0.25) is 17.7 Å². The fourth-order valence-electron chi connectivity index (χ4n) is 3.75. The molecule has 1 saturated heterocycles. The molecule has 11 heteroatoms. The Bertz CT molecular complexity index is 1020. The van der Waals surface area contributed by atoms with Crippen LogP contribution in [-0.2, 0) is 20.9 Å². The minimum absolute atomic E-state index is 0.0302. The smallest absolute Gasteiger partial charge is 0.246 e. The lowest BCUT2D eigenvalue weighted by atomic mass is 9.85. The molecule has 1 aliphatic heterocycles. The number of amides is 3. The summed E-state index contributed by atoms with van der Waals surface area (Å²) >= 11 is 1.51. The molecule has 0 aromatic carbocycles. The van der Waals surface area contributed by atoms with E-state index in [4.69, 9.17) is 0 Å². The van der Waals surface area contributed by atoms with Gasteiger partial charge >= 0.3 is 0 Å². The summed E-state index contributed by atoms with van der Waals surface area (Å²) < 4.78 is 0. The predicted molar refractivity (Wildman–Crippen MR) is 123 cm³/mol. The number of rotatable bonds is 6. The van der Waals surface area contributed by atoms with Gasteiger partial charge in [0.1, 0.15) is 17.9 Å².